The van der Waals surface area contributed by atoms with E-state index in [1.54, 1.807) is 29.5 Å². The fourth-order valence-corrected chi connectivity index (χ4v) is 8.15. The van der Waals surface area contributed by atoms with Crippen LogP contribution in [-0.2, 0) is 19.6 Å². The molecule has 2 saturated heterocycles. The number of ether oxygens (including phenoxy) is 2. The number of thiazole rings is 1. The number of carbonyl (C=O) groups is 1. The van der Waals surface area contributed by atoms with Gasteiger partial charge in [-0.3, -0.25) is 9.69 Å². The van der Waals surface area contributed by atoms with E-state index >= 15 is 0 Å². The van der Waals surface area contributed by atoms with E-state index in [0.717, 1.165) is 28.8 Å². The van der Waals surface area contributed by atoms with Crippen molar-refractivity contribution in [1.82, 2.24) is 9.29 Å². The summed E-state index contributed by atoms with van der Waals surface area (Å²) in [6.45, 7) is 1.37. The van der Waals surface area contributed by atoms with Crippen molar-refractivity contribution in [2.24, 2.45) is 0 Å². The SMILES string of the molecule is COc1ccc2nc(N(CC3CCCO3)C(=O)C3CCCN3S(=O)(=O)c3cccs3)sc2c1. The smallest absolute Gasteiger partial charge is 0.253 e. The summed E-state index contributed by atoms with van der Waals surface area (Å²) >= 11 is 2.58. The molecule has 8 nitrogen and oxygen atoms in total. The van der Waals surface area contributed by atoms with Crippen LogP contribution < -0.4 is 9.64 Å². The number of fused-ring (bicyclic) bond motifs is 1. The minimum absolute atomic E-state index is 0.0840. The molecule has 4 heterocycles. The number of hydrogen-bond donors (Lipinski definition) is 0. The Bertz CT molecular complexity index is 1240. The van der Waals surface area contributed by atoms with Crippen LogP contribution in [0.2, 0.25) is 0 Å². The monoisotopic (exact) mass is 507 g/mol. The number of carbonyl (C=O) groups excluding carboxylic acids is 1. The van der Waals surface area contributed by atoms with E-state index < -0.39 is 16.1 Å². The number of aromatic nitrogens is 1. The van der Waals surface area contributed by atoms with Gasteiger partial charge in [0.2, 0.25) is 5.91 Å². The van der Waals surface area contributed by atoms with Crippen LogP contribution in [0.5, 0.6) is 5.75 Å². The molecular weight excluding hydrogens is 482 g/mol. The van der Waals surface area contributed by atoms with Crippen molar-refractivity contribution >= 4 is 54.0 Å². The number of hydrogen-bond acceptors (Lipinski definition) is 8. The fourth-order valence-electron chi connectivity index (χ4n) is 4.37. The Hall–Kier alpha value is -2.05. The van der Waals surface area contributed by atoms with Crippen LogP contribution in [0, 0.1) is 0 Å². The molecule has 5 rings (SSSR count). The molecule has 2 aliphatic rings. The Morgan fingerprint density at radius 1 is 1.30 bits per heavy atom. The Kier molecular flexibility index (Phi) is 6.41. The van der Waals surface area contributed by atoms with E-state index in [2.05, 4.69) is 0 Å². The summed E-state index contributed by atoms with van der Waals surface area (Å²) in [4.78, 5) is 20.2. The molecule has 2 fully saturated rings. The van der Waals surface area contributed by atoms with Crippen molar-refractivity contribution < 1.29 is 22.7 Å². The zero-order valence-electron chi connectivity index (χ0n) is 18.2. The second kappa shape index (κ2) is 9.30. The van der Waals surface area contributed by atoms with Gasteiger partial charge in [0.15, 0.2) is 5.13 Å². The molecule has 0 bridgehead atoms. The van der Waals surface area contributed by atoms with Crippen LogP contribution >= 0.6 is 22.7 Å². The third kappa shape index (κ3) is 4.40. The topological polar surface area (TPSA) is 89.0 Å². The predicted octanol–water partition coefficient (Wildman–Crippen LogP) is 3.73. The Balaban J connectivity index is 1.49. The lowest BCUT2D eigenvalue weighted by molar-refractivity contribution is -0.122. The number of sulfonamides is 1. The molecule has 0 radical (unpaired) electrons. The van der Waals surface area contributed by atoms with Crippen molar-refractivity contribution in [3.8, 4) is 5.75 Å². The highest BCUT2D eigenvalue weighted by molar-refractivity contribution is 7.91. The summed E-state index contributed by atoms with van der Waals surface area (Å²) in [6, 6.07) is 8.15. The zero-order valence-corrected chi connectivity index (χ0v) is 20.6. The lowest BCUT2D eigenvalue weighted by atomic mass is 10.2. The van der Waals surface area contributed by atoms with Gasteiger partial charge in [0.25, 0.3) is 10.0 Å². The second-order valence-electron chi connectivity index (χ2n) is 8.12. The van der Waals surface area contributed by atoms with Gasteiger partial charge in [-0.2, -0.15) is 4.31 Å². The van der Waals surface area contributed by atoms with Gasteiger partial charge in [-0.15, -0.1) is 11.3 Å². The molecule has 2 aliphatic heterocycles. The summed E-state index contributed by atoms with van der Waals surface area (Å²) in [5.41, 5.74) is 0.774. The average molecular weight is 508 g/mol. The van der Waals surface area contributed by atoms with E-state index in [9.17, 15) is 13.2 Å². The molecule has 1 amide bonds. The maximum absolute atomic E-state index is 13.9. The highest BCUT2D eigenvalue weighted by Crippen LogP contribution is 2.35. The zero-order chi connectivity index (χ0) is 23.0. The molecule has 2 unspecified atom stereocenters. The van der Waals surface area contributed by atoms with E-state index in [0.29, 0.717) is 37.7 Å². The fraction of sp³-hybridized carbons (Fsp3) is 0.455. The van der Waals surface area contributed by atoms with Gasteiger partial charge < -0.3 is 9.47 Å². The molecule has 1 aromatic carbocycles. The molecule has 3 aromatic rings. The van der Waals surface area contributed by atoms with Crippen LogP contribution in [0.15, 0.2) is 39.9 Å². The van der Waals surface area contributed by atoms with E-state index in [-0.39, 0.29) is 16.2 Å². The molecule has 0 saturated carbocycles. The Morgan fingerprint density at radius 2 is 2.18 bits per heavy atom. The first-order valence-electron chi connectivity index (χ1n) is 10.9. The van der Waals surface area contributed by atoms with Crippen LogP contribution in [-0.4, -0.2) is 62.6 Å². The maximum atomic E-state index is 13.9. The molecule has 2 atom stereocenters. The highest BCUT2D eigenvalue weighted by atomic mass is 32.2. The first kappa shape index (κ1) is 22.7. The minimum atomic E-state index is -3.73. The maximum Gasteiger partial charge on any atom is 0.253 e. The van der Waals surface area contributed by atoms with Gasteiger partial charge in [-0.05, 0) is 55.3 Å². The van der Waals surface area contributed by atoms with E-state index in [1.165, 1.54) is 27.0 Å². The van der Waals surface area contributed by atoms with Crippen molar-refractivity contribution in [3.05, 3.63) is 35.7 Å². The van der Waals surface area contributed by atoms with Crippen molar-refractivity contribution in [2.45, 2.75) is 42.0 Å². The number of nitrogens with zero attached hydrogens (tertiary/aromatic N) is 3. The molecule has 0 spiro atoms. The molecule has 11 heteroatoms. The first-order valence-corrected chi connectivity index (χ1v) is 14.0. The number of methoxy groups -OCH3 is 1. The summed E-state index contributed by atoms with van der Waals surface area (Å²) in [5.74, 6) is 0.480. The van der Waals surface area contributed by atoms with E-state index in [4.69, 9.17) is 14.5 Å². The third-order valence-electron chi connectivity index (χ3n) is 6.04. The van der Waals surface area contributed by atoms with E-state index in [1.807, 2.05) is 18.2 Å². The van der Waals surface area contributed by atoms with Gasteiger partial charge in [0.05, 0.1) is 30.0 Å². The standard InChI is InChI=1S/C22H25N3O5S3/c1-29-15-8-9-17-19(13-15)32-22(23-17)24(14-16-5-3-11-30-16)21(26)18-6-2-10-25(18)33(27,28)20-7-4-12-31-20/h4,7-9,12-13,16,18H,2-3,5-6,10-11,14H2,1H3. The van der Waals surface area contributed by atoms with Crippen LogP contribution in [0.1, 0.15) is 25.7 Å². The number of amides is 1. The van der Waals surface area contributed by atoms with Crippen molar-refractivity contribution in [3.63, 3.8) is 0 Å². The number of benzene rings is 1. The number of anilines is 1. The van der Waals surface area contributed by atoms with Crippen molar-refractivity contribution in [2.75, 3.05) is 31.7 Å². The summed E-state index contributed by atoms with van der Waals surface area (Å²) in [6.07, 6.45) is 2.87. The largest absolute Gasteiger partial charge is 0.497 e. The lowest BCUT2D eigenvalue weighted by Gasteiger charge is -2.29. The molecule has 33 heavy (non-hydrogen) atoms. The van der Waals surface area contributed by atoms with Gasteiger partial charge in [-0.25, -0.2) is 13.4 Å². The summed E-state index contributed by atoms with van der Waals surface area (Å²) in [7, 11) is -2.12. The minimum Gasteiger partial charge on any atom is -0.497 e. The number of rotatable bonds is 7. The van der Waals surface area contributed by atoms with Crippen LogP contribution in [0.3, 0.4) is 0 Å². The molecule has 176 valence electrons. The van der Waals surface area contributed by atoms with Gasteiger partial charge >= 0.3 is 0 Å². The van der Waals surface area contributed by atoms with Crippen LogP contribution in [0.25, 0.3) is 10.2 Å². The summed E-state index contributed by atoms with van der Waals surface area (Å²) in [5, 5.41) is 2.29. The van der Waals surface area contributed by atoms with Crippen LogP contribution in [0.4, 0.5) is 5.13 Å². The Labute approximate surface area is 200 Å². The first-order chi connectivity index (χ1) is 16.0. The predicted molar refractivity (Wildman–Crippen MR) is 129 cm³/mol. The molecule has 2 aromatic heterocycles. The normalized spacial score (nSPS) is 21.6. The highest BCUT2D eigenvalue weighted by Gasteiger charge is 2.43. The summed E-state index contributed by atoms with van der Waals surface area (Å²) < 4.78 is 40.1. The molecule has 0 N–H and O–H groups in total. The van der Waals surface area contributed by atoms with Gasteiger partial charge in [-0.1, -0.05) is 17.4 Å². The molecular formula is C22H25N3O5S3. The van der Waals surface area contributed by atoms with Crippen molar-refractivity contribution in [1.29, 1.82) is 0 Å². The second-order valence-corrected chi connectivity index (χ2v) is 12.2. The third-order valence-corrected chi connectivity index (χ3v) is 10.4. The average Bonchev–Trinajstić information content (AvgIpc) is 3.63. The lowest BCUT2D eigenvalue weighted by Crippen LogP contribution is -2.49. The van der Waals surface area contributed by atoms with Gasteiger partial charge in [0, 0.05) is 13.2 Å². The quantitative estimate of drug-likeness (QED) is 0.484. The van der Waals surface area contributed by atoms with Gasteiger partial charge in [0.1, 0.15) is 16.0 Å². The molecule has 0 aliphatic carbocycles. The Morgan fingerprint density at radius 3 is 2.91 bits per heavy atom. The number of thiophene rings is 1.